The lowest BCUT2D eigenvalue weighted by atomic mass is 9.89. The zero-order chi connectivity index (χ0) is 19.7. The van der Waals surface area contributed by atoms with E-state index in [9.17, 15) is 9.59 Å². The van der Waals surface area contributed by atoms with E-state index < -0.39 is 0 Å². The number of anilines is 1. The molecule has 2 amide bonds. The summed E-state index contributed by atoms with van der Waals surface area (Å²) in [6.45, 7) is 1.84. The second-order valence-corrected chi connectivity index (χ2v) is 7.91. The quantitative estimate of drug-likeness (QED) is 0.871. The van der Waals surface area contributed by atoms with E-state index in [0.717, 1.165) is 12.8 Å². The molecule has 5 nitrogen and oxygen atoms in total. The lowest BCUT2D eigenvalue weighted by Gasteiger charge is -2.23. The van der Waals surface area contributed by atoms with Crippen molar-refractivity contribution in [2.24, 2.45) is 17.6 Å². The molecule has 28 heavy (non-hydrogen) atoms. The summed E-state index contributed by atoms with van der Waals surface area (Å²) < 4.78 is 0. The molecular weight excluding hydrogens is 350 g/mol. The zero-order valence-electron chi connectivity index (χ0n) is 16.3. The fraction of sp³-hybridized carbons (Fsp3) is 0.391. The lowest BCUT2D eigenvalue weighted by molar-refractivity contribution is -0.119. The molecule has 2 N–H and O–H groups in total. The SMILES string of the molecule is CN(C(=O)C1CC1)c1ccccc1C(=O)N1C[C@@H](CN)[C@H](c2ccccc2)C1. The number of hydrogen-bond acceptors (Lipinski definition) is 3. The van der Waals surface area contributed by atoms with Crippen LogP contribution in [-0.4, -0.2) is 43.4 Å². The van der Waals surface area contributed by atoms with Gasteiger partial charge in [-0.3, -0.25) is 9.59 Å². The van der Waals surface area contributed by atoms with Gasteiger partial charge in [0.1, 0.15) is 0 Å². The van der Waals surface area contributed by atoms with Crippen molar-refractivity contribution in [1.29, 1.82) is 0 Å². The smallest absolute Gasteiger partial charge is 0.256 e. The Kier molecular flexibility index (Phi) is 5.18. The number of likely N-dealkylation sites (tertiary alicyclic amines) is 1. The molecular formula is C23H27N3O2. The summed E-state index contributed by atoms with van der Waals surface area (Å²) in [7, 11) is 1.77. The molecule has 2 fully saturated rings. The van der Waals surface area contributed by atoms with Crippen LogP contribution in [0.4, 0.5) is 5.69 Å². The molecule has 2 aromatic rings. The third kappa shape index (κ3) is 3.54. The normalized spacial score (nSPS) is 21.6. The Labute approximate surface area is 166 Å². The lowest BCUT2D eigenvalue weighted by Crippen LogP contribution is -2.33. The van der Waals surface area contributed by atoms with Crippen molar-refractivity contribution in [2.75, 3.05) is 31.6 Å². The van der Waals surface area contributed by atoms with Crippen LogP contribution < -0.4 is 10.6 Å². The molecule has 0 aromatic heterocycles. The molecule has 1 saturated heterocycles. The van der Waals surface area contributed by atoms with Crippen LogP contribution in [0.1, 0.15) is 34.7 Å². The summed E-state index contributed by atoms with van der Waals surface area (Å²) in [5.74, 6) is 0.674. The first-order valence-corrected chi connectivity index (χ1v) is 10.0. The summed E-state index contributed by atoms with van der Waals surface area (Å²) in [4.78, 5) is 29.4. The molecule has 4 rings (SSSR count). The van der Waals surface area contributed by atoms with Gasteiger partial charge in [0.05, 0.1) is 11.3 Å². The Morgan fingerprint density at radius 3 is 2.39 bits per heavy atom. The van der Waals surface area contributed by atoms with Crippen molar-refractivity contribution in [3.05, 3.63) is 65.7 Å². The molecule has 146 valence electrons. The maximum atomic E-state index is 13.4. The molecule has 0 spiro atoms. The van der Waals surface area contributed by atoms with Crippen molar-refractivity contribution in [3.63, 3.8) is 0 Å². The van der Waals surface area contributed by atoms with Gasteiger partial charge >= 0.3 is 0 Å². The Morgan fingerprint density at radius 1 is 1.04 bits per heavy atom. The molecule has 2 aromatic carbocycles. The predicted molar refractivity (Wildman–Crippen MR) is 110 cm³/mol. The van der Waals surface area contributed by atoms with Crippen LogP contribution in [0, 0.1) is 11.8 Å². The zero-order valence-corrected chi connectivity index (χ0v) is 16.3. The number of para-hydroxylation sites is 1. The average Bonchev–Trinajstić information content (AvgIpc) is 3.51. The van der Waals surface area contributed by atoms with E-state index in [-0.39, 0.29) is 29.6 Å². The highest BCUT2D eigenvalue weighted by Gasteiger charge is 2.37. The van der Waals surface area contributed by atoms with Crippen molar-refractivity contribution in [3.8, 4) is 0 Å². The maximum absolute atomic E-state index is 13.4. The van der Waals surface area contributed by atoms with E-state index in [4.69, 9.17) is 5.73 Å². The molecule has 1 saturated carbocycles. The first-order valence-electron chi connectivity index (χ1n) is 10.0. The van der Waals surface area contributed by atoms with Crippen LogP contribution in [0.25, 0.3) is 0 Å². The van der Waals surface area contributed by atoms with Gasteiger partial charge < -0.3 is 15.5 Å². The monoisotopic (exact) mass is 377 g/mol. The van der Waals surface area contributed by atoms with Crippen LogP contribution >= 0.6 is 0 Å². The Hall–Kier alpha value is -2.66. The van der Waals surface area contributed by atoms with E-state index >= 15 is 0 Å². The third-order valence-electron chi connectivity index (χ3n) is 6.01. The Balaban J connectivity index is 1.57. The van der Waals surface area contributed by atoms with Crippen LogP contribution in [0.2, 0.25) is 0 Å². The first-order chi connectivity index (χ1) is 13.6. The van der Waals surface area contributed by atoms with E-state index in [2.05, 4.69) is 12.1 Å². The highest BCUT2D eigenvalue weighted by atomic mass is 16.2. The second kappa shape index (κ2) is 7.76. The largest absolute Gasteiger partial charge is 0.338 e. The molecule has 5 heteroatoms. The van der Waals surface area contributed by atoms with Crippen LogP contribution in [0.15, 0.2) is 54.6 Å². The van der Waals surface area contributed by atoms with Crippen LogP contribution in [-0.2, 0) is 4.79 Å². The van der Waals surface area contributed by atoms with Crippen molar-refractivity contribution in [1.82, 2.24) is 4.90 Å². The van der Waals surface area contributed by atoms with Crippen molar-refractivity contribution >= 4 is 17.5 Å². The minimum Gasteiger partial charge on any atom is -0.338 e. The highest BCUT2D eigenvalue weighted by Crippen LogP contribution is 2.35. The number of carbonyl (C=O) groups excluding carboxylic acids is 2. The number of amides is 2. The van der Waals surface area contributed by atoms with Gasteiger partial charge in [0, 0.05) is 32.0 Å². The van der Waals surface area contributed by atoms with Gasteiger partial charge in [-0.15, -0.1) is 0 Å². The van der Waals surface area contributed by atoms with Gasteiger partial charge in [0.15, 0.2) is 0 Å². The molecule has 1 heterocycles. The van der Waals surface area contributed by atoms with Crippen LogP contribution in [0.5, 0.6) is 0 Å². The van der Waals surface area contributed by atoms with Crippen molar-refractivity contribution < 1.29 is 9.59 Å². The number of benzene rings is 2. The number of hydrogen-bond donors (Lipinski definition) is 1. The average molecular weight is 377 g/mol. The fourth-order valence-electron chi connectivity index (χ4n) is 4.19. The fourth-order valence-corrected chi connectivity index (χ4v) is 4.19. The summed E-state index contributed by atoms with van der Waals surface area (Å²) in [5, 5.41) is 0. The van der Waals surface area contributed by atoms with E-state index in [0.29, 0.717) is 30.9 Å². The topological polar surface area (TPSA) is 66.6 Å². The summed E-state index contributed by atoms with van der Waals surface area (Å²) in [6.07, 6.45) is 1.89. The number of nitrogens with zero attached hydrogens (tertiary/aromatic N) is 2. The molecule has 2 atom stereocenters. The number of nitrogens with two attached hydrogens (primary N) is 1. The molecule has 0 unspecified atom stereocenters. The standard InChI is InChI=1S/C23H27N3O2/c1-25(22(27)17-11-12-17)21-10-6-5-9-19(21)23(28)26-14-18(13-24)20(15-26)16-7-3-2-4-8-16/h2-10,17-18,20H,11-15,24H2,1H3/t18-,20+/m1/s1. The van der Waals surface area contributed by atoms with Crippen molar-refractivity contribution in [2.45, 2.75) is 18.8 Å². The van der Waals surface area contributed by atoms with Gasteiger partial charge in [-0.1, -0.05) is 42.5 Å². The molecule has 0 radical (unpaired) electrons. The first kappa shape index (κ1) is 18.7. The summed E-state index contributed by atoms with van der Waals surface area (Å²) in [6, 6.07) is 17.7. The van der Waals surface area contributed by atoms with E-state index in [1.54, 1.807) is 11.9 Å². The Morgan fingerprint density at radius 2 is 1.71 bits per heavy atom. The third-order valence-corrected chi connectivity index (χ3v) is 6.01. The van der Waals surface area contributed by atoms with Gasteiger partial charge in [-0.2, -0.15) is 0 Å². The summed E-state index contributed by atoms with van der Waals surface area (Å²) in [5.41, 5.74) is 8.53. The predicted octanol–water partition coefficient (Wildman–Crippen LogP) is 2.87. The molecule has 1 aliphatic heterocycles. The highest BCUT2D eigenvalue weighted by molar-refractivity contribution is 6.05. The number of carbonyl (C=O) groups is 2. The van der Waals surface area contributed by atoms with Gasteiger partial charge in [-0.05, 0) is 43.0 Å². The molecule has 0 bridgehead atoms. The van der Waals surface area contributed by atoms with Gasteiger partial charge in [0.25, 0.3) is 5.91 Å². The molecule has 1 aliphatic carbocycles. The second-order valence-electron chi connectivity index (χ2n) is 7.91. The van der Waals surface area contributed by atoms with E-state index in [1.807, 2.05) is 47.4 Å². The summed E-state index contributed by atoms with van der Waals surface area (Å²) >= 11 is 0. The van der Waals surface area contributed by atoms with Gasteiger partial charge in [-0.25, -0.2) is 0 Å². The van der Waals surface area contributed by atoms with E-state index in [1.165, 1.54) is 5.56 Å². The number of rotatable bonds is 5. The minimum atomic E-state index is -0.0251. The minimum absolute atomic E-state index is 0.0251. The maximum Gasteiger partial charge on any atom is 0.256 e. The Bertz CT molecular complexity index is 863. The molecule has 2 aliphatic rings. The van der Waals surface area contributed by atoms with Crippen LogP contribution in [0.3, 0.4) is 0 Å². The van der Waals surface area contributed by atoms with Gasteiger partial charge in [0.2, 0.25) is 5.91 Å².